The second-order valence-corrected chi connectivity index (χ2v) is 11.9. The normalized spacial score (nSPS) is 30.7. The Morgan fingerprint density at radius 3 is 2.27 bits per heavy atom. The smallest absolute Gasteiger partial charge is 0.245 e. The molecule has 3 heterocycles. The lowest BCUT2D eigenvalue weighted by molar-refractivity contribution is -0.135. The summed E-state index contributed by atoms with van der Waals surface area (Å²) in [6.45, 7) is 11.4. The zero-order valence-corrected chi connectivity index (χ0v) is 19.4. The molecule has 4 unspecified atom stereocenters. The van der Waals surface area contributed by atoms with Crippen LogP contribution in [0.25, 0.3) is 0 Å². The number of nitrogens with one attached hydrogen (secondary N) is 1. The number of sulfonamides is 1. The molecular formula is C23H35N3O3S. The Hall–Kier alpha value is -1.60. The molecule has 0 saturated carbocycles. The predicted molar refractivity (Wildman–Crippen MR) is 119 cm³/mol. The maximum absolute atomic E-state index is 13.3. The molecule has 4 atom stereocenters. The highest BCUT2D eigenvalue weighted by Gasteiger charge is 2.39. The summed E-state index contributed by atoms with van der Waals surface area (Å²) >= 11 is 0. The summed E-state index contributed by atoms with van der Waals surface area (Å²) in [5, 5.41) is 3.38. The van der Waals surface area contributed by atoms with Crippen LogP contribution < -0.4 is 5.32 Å². The van der Waals surface area contributed by atoms with Crippen molar-refractivity contribution in [2.45, 2.75) is 63.8 Å². The first-order valence-corrected chi connectivity index (χ1v) is 12.8. The van der Waals surface area contributed by atoms with E-state index >= 15 is 0 Å². The standard InChI is InChI=1S/C23H35N3O3S/c1-15-7-9-26(10-8-15)30(28,29)19-5-6-21-20(12-19)18(4)22(24-21)23(27)25-13-16(2)11-17(3)14-25/h5-6,12,15-18,22,24H,7-11,13-14H2,1-4H3. The third-order valence-electron chi connectivity index (χ3n) is 7.15. The third kappa shape index (κ3) is 3.98. The maximum atomic E-state index is 13.3. The lowest BCUT2D eigenvalue weighted by atomic mass is 9.90. The fraction of sp³-hybridized carbons (Fsp3) is 0.696. The molecule has 0 aliphatic carbocycles. The Balaban J connectivity index is 1.53. The van der Waals surface area contributed by atoms with Gasteiger partial charge in [0, 0.05) is 37.8 Å². The zero-order chi connectivity index (χ0) is 21.6. The molecule has 3 aliphatic heterocycles. The van der Waals surface area contributed by atoms with E-state index in [1.54, 1.807) is 16.4 Å². The van der Waals surface area contributed by atoms with Gasteiger partial charge in [-0.25, -0.2) is 8.42 Å². The van der Waals surface area contributed by atoms with Gasteiger partial charge in [-0.15, -0.1) is 0 Å². The largest absolute Gasteiger partial charge is 0.373 e. The Labute approximate surface area is 181 Å². The molecule has 3 aliphatic rings. The van der Waals surface area contributed by atoms with Crippen LogP contribution in [0.5, 0.6) is 0 Å². The van der Waals surface area contributed by atoms with Gasteiger partial charge in [0.25, 0.3) is 0 Å². The van der Waals surface area contributed by atoms with E-state index in [2.05, 4.69) is 26.1 Å². The highest BCUT2D eigenvalue weighted by Crippen LogP contribution is 2.39. The van der Waals surface area contributed by atoms with Gasteiger partial charge in [0.1, 0.15) is 6.04 Å². The van der Waals surface area contributed by atoms with Crippen molar-refractivity contribution in [2.24, 2.45) is 17.8 Å². The van der Waals surface area contributed by atoms with Crippen molar-refractivity contribution in [3.63, 3.8) is 0 Å². The summed E-state index contributed by atoms with van der Waals surface area (Å²) in [4.78, 5) is 15.6. The topological polar surface area (TPSA) is 69.7 Å². The van der Waals surface area contributed by atoms with Gasteiger partial charge in [-0.2, -0.15) is 4.31 Å². The van der Waals surface area contributed by atoms with E-state index in [1.807, 2.05) is 17.9 Å². The average molecular weight is 434 g/mol. The fourth-order valence-electron chi connectivity index (χ4n) is 5.37. The number of anilines is 1. The van der Waals surface area contributed by atoms with Crippen LogP contribution in [0.1, 0.15) is 58.4 Å². The van der Waals surface area contributed by atoms with Gasteiger partial charge < -0.3 is 10.2 Å². The molecule has 1 aromatic rings. The molecule has 2 saturated heterocycles. The summed E-state index contributed by atoms with van der Waals surface area (Å²) < 4.78 is 27.9. The molecule has 0 bridgehead atoms. The average Bonchev–Trinajstić information content (AvgIpc) is 3.03. The summed E-state index contributed by atoms with van der Waals surface area (Å²) in [7, 11) is -3.49. The molecule has 30 heavy (non-hydrogen) atoms. The fourth-order valence-corrected chi connectivity index (χ4v) is 6.88. The number of hydrogen-bond donors (Lipinski definition) is 1. The van der Waals surface area contributed by atoms with Crippen molar-refractivity contribution in [3.8, 4) is 0 Å². The summed E-state index contributed by atoms with van der Waals surface area (Å²) in [6, 6.07) is 4.98. The van der Waals surface area contributed by atoms with E-state index in [1.165, 1.54) is 0 Å². The van der Waals surface area contributed by atoms with Gasteiger partial charge in [0.2, 0.25) is 15.9 Å². The number of carbonyl (C=O) groups excluding carboxylic acids is 1. The van der Waals surface area contributed by atoms with E-state index in [0.29, 0.717) is 35.7 Å². The number of nitrogens with zero attached hydrogens (tertiary/aromatic N) is 2. The van der Waals surface area contributed by atoms with Crippen molar-refractivity contribution in [1.82, 2.24) is 9.21 Å². The Morgan fingerprint density at radius 2 is 1.63 bits per heavy atom. The molecular weight excluding hydrogens is 398 g/mol. The summed E-state index contributed by atoms with van der Waals surface area (Å²) in [6.07, 6.45) is 2.98. The van der Waals surface area contributed by atoms with Gasteiger partial charge in [-0.05, 0) is 60.8 Å². The summed E-state index contributed by atoms with van der Waals surface area (Å²) in [5.74, 6) is 1.68. The highest BCUT2D eigenvalue weighted by atomic mass is 32.2. The molecule has 7 heteroatoms. The monoisotopic (exact) mass is 433 g/mol. The number of piperidine rings is 2. The van der Waals surface area contributed by atoms with E-state index in [-0.39, 0.29) is 17.9 Å². The number of hydrogen-bond acceptors (Lipinski definition) is 4. The maximum Gasteiger partial charge on any atom is 0.245 e. The second kappa shape index (κ2) is 8.15. The van der Waals surface area contributed by atoms with E-state index < -0.39 is 10.0 Å². The predicted octanol–water partition coefficient (Wildman–Crippen LogP) is 3.51. The lowest BCUT2D eigenvalue weighted by Gasteiger charge is -2.37. The molecule has 0 radical (unpaired) electrons. The summed E-state index contributed by atoms with van der Waals surface area (Å²) in [5.41, 5.74) is 1.81. The highest BCUT2D eigenvalue weighted by molar-refractivity contribution is 7.89. The van der Waals surface area contributed by atoms with Gasteiger partial charge in [0.15, 0.2) is 0 Å². The minimum absolute atomic E-state index is 0.0587. The van der Waals surface area contributed by atoms with Crippen LogP contribution in [0.3, 0.4) is 0 Å². The molecule has 1 N–H and O–H groups in total. The number of likely N-dealkylation sites (tertiary alicyclic amines) is 1. The number of rotatable bonds is 3. The SMILES string of the molecule is CC1CCN(S(=O)(=O)c2ccc3c(c2)C(C)C(C(=O)N2CC(C)CC(C)C2)N3)CC1. The van der Waals surface area contributed by atoms with Crippen LogP contribution in [0, 0.1) is 17.8 Å². The van der Waals surface area contributed by atoms with E-state index in [0.717, 1.165) is 43.6 Å². The Kier molecular flexibility index (Phi) is 5.88. The molecule has 1 aromatic carbocycles. The first kappa shape index (κ1) is 21.6. The van der Waals surface area contributed by atoms with Crippen LogP contribution in [-0.2, 0) is 14.8 Å². The van der Waals surface area contributed by atoms with Crippen molar-refractivity contribution in [3.05, 3.63) is 23.8 Å². The molecule has 166 valence electrons. The van der Waals surface area contributed by atoms with Crippen molar-refractivity contribution >= 4 is 21.6 Å². The first-order chi connectivity index (χ1) is 14.2. The Morgan fingerprint density at radius 1 is 1.00 bits per heavy atom. The molecule has 0 aromatic heterocycles. The minimum Gasteiger partial charge on any atom is -0.373 e. The van der Waals surface area contributed by atoms with Crippen LogP contribution >= 0.6 is 0 Å². The molecule has 0 spiro atoms. The van der Waals surface area contributed by atoms with Crippen LogP contribution in [0.4, 0.5) is 5.69 Å². The zero-order valence-electron chi connectivity index (χ0n) is 18.6. The van der Waals surface area contributed by atoms with Gasteiger partial charge in [-0.3, -0.25) is 4.79 Å². The van der Waals surface area contributed by atoms with Crippen molar-refractivity contribution in [1.29, 1.82) is 0 Å². The van der Waals surface area contributed by atoms with Crippen molar-refractivity contribution in [2.75, 3.05) is 31.5 Å². The first-order valence-electron chi connectivity index (χ1n) is 11.4. The van der Waals surface area contributed by atoms with Crippen LogP contribution in [0.15, 0.2) is 23.1 Å². The van der Waals surface area contributed by atoms with Crippen molar-refractivity contribution < 1.29 is 13.2 Å². The molecule has 4 rings (SSSR count). The third-order valence-corrected chi connectivity index (χ3v) is 9.05. The second-order valence-electron chi connectivity index (χ2n) is 9.94. The quantitative estimate of drug-likeness (QED) is 0.792. The van der Waals surface area contributed by atoms with Crippen LogP contribution in [0.2, 0.25) is 0 Å². The van der Waals surface area contributed by atoms with Gasteiger partial charge in [0.05, 0.1) is 4.90 Å². The van der Waals surface area contributed by atoms with Gasteiger partial charge in [-0.1, -0.05) is 27.7 Å². The molecule has 6 nitrogen and oxygen atoms in total. The minimum atomic E-state index is -3.49. The number of amides is 1. The van der Waals surface area contributed by atoms with Gasteiger partial charge >= 0.3 is 0 Å². The number of carbonyl (C=O) groups is 1. The molecule has 1 amide bonds. The van der Waals surface area contributed by atoms with Crippen LogP contribution in [-0.4, -0.2) is 55.8 Å². The molecule has 2 fully saturated rings. The number of fused-ring (bicyclic) bond motifs is 1. The van der Waals surface area contributed by atoms with E-state index in [4.69, 9.17) is 0 Å². The number of benzene rings is 1. The Bertz CT molecular complexity index is 898. The lowest BCUT2D eigenvalue weighted by Crippen LogP contribution is -2.49. The van der Waals surface area contributed by atoms with E-state index in [9.17, 15) is 13.2 Å².